The lowest BCUT2D eigenvalue weighted by molar-refractivity contribution is -0.324. The normalized spacial score (nSPS) is 16.5. The number of phenols is 2. The number of halogens is 12. The molecule has 0 amide bonds. The maximum Gasteiger partial charge on any atom is 0.457 e. The molecular weight excluding hydrogens is 548 g/mol. The van der Waals surface area contributed by atoms with Crippen molar-refractivity contribution >= 4 is 0 Å². The van der Waals surface area contributed by atoms with E-state index in [1.54, 1.807) is 0 Å². The van der Waals surface area contributed by atoms with E-state index >= 15 is 8.78 Å². The van der Waals surface area contributed by atoms with Crippen molar-refractivity contribution in [2.45, 2.75) is 35.5 Å². The molecule has 3 rings (SSSR count). The molecule has 2 nitrogen and oxygen atoms in total. The molecule has 0 fully saturated rings. The van der Waals surface area contributed by atoms with Crippen LogP contribution in [0.1, 0.15) is 22.3 Å². The zero-order chi connectivity index (χ0) is 28.9. The summed E-state index contributed by atoms with van der Waals surface area (Å²) in [6.45, 7) is 0. The Labute approximate surface area is 205 Å². The first-order valence-electron chi connectivity index (χ1n) is 10.2. The van der Waals surface area contributed by atoms with Crippen molar-refractivity contribution < 1.29 is 62.9 Å². The van der Waals surface area contributed by atoms with Crippen LogP contribution in [-0.2, 0) is 11.3 Å². The fraction of sp³-hybridized carbons (Fsp3) is 0.250. The summed E-state index contributed by atoms with van der Waals surface area (Å²) < 4.78 is 171. The highest BCUT2D eigenvalue weighted by Crippen LogP contribution is 2.57. The minimum absolute atomic E-state index is 0.221. The summed E-state index contributed by atoms with van der Waals surface area (Å²) in [5.74, 6) is -14.1. The molecule has 0 radical (unpaired) electrons. The van der Waals surface area contributed by atoms with Gasteiger partial charge in [-0.25, -0.2) is 8.78 Å². The van der Waals surface area contributed by atoms with Crippen LogP contribution in [0.4, 0.5) is 52.7 Å². The smallest absolute Gasteiger partial charge is 0.457 e. The van der Waals surface area contributed by atoms with Gasteiger partial charge in [-0.15, -0.1) is 0 Å². The van der Waals surface area contributed by atoms with Crippen LogP contribution in [-0.4, -0.2) is 34.4 Å². The summed E-state index contributed by atoms with van der Waals surface area (Å²) in [5, 5.41) is 18.7. The molecule has 3 aromatic rings. The molecule has 2 N–H and O–H groups in total. The molecule has 0 aliphatic carbocycles. The van der Waals surface area contributed by atoms with Crippen molar-refractivity contribution in [3.63, 3.8) is 0 Å². The van der Waals surface area contributed by atoms with E-state index in [-0.39, 0.29) is 18.2 Å². The largest absolute Gasteiger partial charge is 0.508 e. The zero-order valence-electron chi connectivity index (χ0n) is 18.4. The Balaban J connectivity index is 2.40. The maximum atomic E-state index is 16.1. The number of rotatable bonds is 6. The molecule has 38 heavy (non-hydrogen) atoms. The van der Waals surface area contributed by atoms with Gasteiger partial charge in [-0.3, -0.25) is 0 Å². The second-order valence-corrected chi connectivity index (χ2v) is 8.14. The van der Waals surface area contributed by atoms with Gasteiger partial charge in [0.15, 0.2) is 0 Å². The van der Waals surface area contributed by atoms with Gasteiger partial charge in [-0.1, -0.05) is 42.5 Å². The molecular formula is C24H14F12O2. The van der Waals surface area contributed by atoms with Gasteiger partial charge in [0.1, 0.15) is 11.5 Å². The monoisotopic (exact) mass is 562 g/mol. The van der Waals surface area contributed by atoms with Crippen LogP contribution in [0, 0.1) is 0 Å². The van der Waals surface area contributed by atoms with Crippen molar-refractivity contribution in [2.75, 3.05) is 0 Å². The van der Waals surface area contributed by atoms with Crippen LogP contribution in [0.15, 0.2) is 72.8 Å². The van der Waals surface area contributed by atoms with Gasteiger partial charge in [0, 0.05) is 22.3 Å². The van der Waals surface area contributed by atoms with Crippen LogP contribution in [0.25, 0.3) is 0 Å². The number of benzene rings is 3. The van der Waals surface area contributed by atoms with Crippen molar-refractivity contribution in [2.24, 2.45) is 0 Å². The lowest BCUT2D eigenvalue weighted by atomic mass is 9.77. The third kappa shape index (κ3) is 4.29. The van der Waals surface area contributed by atoms with Crippen LogP contribution >= 0.6 is 0 Å². The Hall–Kier alpha value is -3.58. The molecule has 0 saturated heterocycles. The number of phenolic OH excluding ortho intramolecular Hbond substituents is 2. The van der Waals surface area contributed by atoms with Gasteiger partial charge in [-0.2, -0.15) is 43.9 Å². The molecule has 0 spiro atoms. The topological polar surface area (TPSA) is 40.5 Å². The SMILES string of the molecule is Oc1ccc(C(F)(c2cccc(C(F)(c3ccc(O)cc3)C(F)(F)C(F)(F)F)c2)C(F)(F)C(F)(F)F)cc1. The third-order valence-corrected chi connectivity index (χ3v) is 5.77. The van der Waals surface area contributed by atoms with Crippen LogP contribution in [0.2, 0.25) is 0 Å². The lowest BCUT2D eigenvalue weighted by Crippen LogP contribution is -2.54. The van der Waals surface area contributed by atoms with E-state index in [9.17, 15) is 54.1 Å². The van der Waals surface area contributed by atoms with Crippen LogP contribution in [0.3, 0.4) is 0 Å². The van der Waals surface area contributed by atoms with Gasteiger partial charge in [-0.05, 0) is 30.3 Å². The van der Waals surface area contributed by atoms with Crippen molar-refractivity contribution in [1.29, 1.82) is 0 Å². The molecule has 0 aliphatic heterocycles. The van der Waals surface area contributed by atoms with E-state index in [0.29, 0.717) is 54.6 Å². The summed E-state index contributed by atoms with van der Waals surface area (Å²) >= 11 is 0. The van der Waals surface area contributed by atoms with E-state index in [1.807, 2.05) is 0 Å². The van der Waals surface area contributed by atoms with Crippen molar-refractivity contribution in [3.05, 3.63) is 95.1 Å². The Morgan fingerprint density at radius 1 is 0.395 bits per heavy atom. The first-order valence-corrected chi connectivity index (χ1v) is 10.2. The molecule has 206 valence electrons. The van der Waals surface area contributed by atoms with E-state index < -0.39 is 69.3 Å². The molecule has 0 saturated carbocycles. The summed E-state index contributed by atoms with van der Waals surface area (Å²) in [7, 11) is 0. The number of aromatic hydroxyl groups is 2. The van der Waals surface area contributed by atoms with Gasteiger partial charge in [0.25, 0.3) is 0 Å². The average Bonchev–Trinajstić information content (AvgIpc) is 2.82. The molecule has 0 heterocycles. The second kappa shape index (κ2) is 9.02. The molecule has 2 atom stereocenters. The first kappa shape index (κ1) is 29.0. The van der Waals surface area contributed by atoms with E-state index in [0.717, 1.165) is 0 Å². The van der Waals surface area contributed by atoms with Gasteiger partial charge in [0.05, 0.1) is 0 Å². The third-order valence-electron chi connectivity index (χ3n) is 5.77. The van der Waals surface area contributed by atoms with Crippen LogP contribution in [0.5, 0.6) is 11.5 Å². The van der Waals surface area contributed by atoms with Crippen molar-refractivity contribution in [1.82, 2.24) is 0 Å². The summed E-state index contributed by atoms with van der Waals surface area (Å²) in [4.78, 5) is 0. The molecule has 0 bridgehead atoms. The Morgan fingerprint density at radius 3 is 0.947 bits per heavy atom. The highest BCUT2D eigenvalue weighted by atomic mass is 19.4. The summed E-state index contributed by atoms with van der Waals surface area (Å²) in [5.41, 5.74) is -16.6. The highest BCUT2D eigenvalue weighted by molar-refractivity contribution is 5.48. The van der Waals surface area contributed by atoms with E-state index in [2.05, 4.69) is 0 Å². The van der Waals surface area contributed by atoms with E-state index in [1.165, 1.54) is 0 Å². The average molecular weight is 562 g/mol. The van der Waals surface area contributed by atoms with Crippen molar-refractivity contribution in [3.8, 4) is 11.5 Å². The Kier molecular flexibility index (Phi) is 6.88. The second-order valence-electron chi connectivity index (χ2n) is 8.14. The fourth-order valence-electron chi connectivity index (χ4n) is 3.78. The van der Waals surface area contributed by atoms with Crippen LogP contribution < -0.4 is 0 Å². The van der Waals surface area contributed by atoms with Gasteiger partial charge in [0.2, 0.25) is 11.3 Å². The minimum Gasteiger partial charge on any atom is -0.508 e. The first-order chi connectivity index (χ1) is 17.2. The summed E-state index contributed by atoms with van der Waals surface area (Å²) in [6, 6.07) is 3.76. The maximum absolute atomic E-state index is 16.1. The van der Waals surface area contributed by atoms with Gasteiger partial charge >= 0.3 is 24.2 Å². The highest BCUT2D eigenvalue weighted by Gasteiger charge is 2.74. The van der Waals surface area contributed by atoms with E-state index in [4.69, 9.17) is 0 Å². The fourth-order valence-corrected chi connectivity index (χ4v) is 3.78. The number of alkyl halides is 12. The molecule has 2 unspecified atom stereocenters. The predicted molar refractivity (Wildman–Crippen MR) is 108 cm³/mol. The summed E-state index contributed by atoms with van der Waals surface area (Å²) in [6.07, 6.45) is -13.3. The zero-order valence-corrected chi connectivity index (χ0v) is 18.4. The molecule has 0 aromatic heterocycles. The standard InChI is InChI=1S/C24H14F12O2/c25-19(21(27,28)23(31,32)33,13-4-8-17(37)9-5-13)15-2-1-3-16(12-15)20(26,22(29,30)24(34,35)36)14-6-10-18(38)11-7-14/h1-12,37-38H. The Morgan fingerprint density at radius 2 is 0.684 bits per heavy atom. The quantitative estimate of drug-likeness (QED) is 0.300. The minimum atomic E-state index is -6.63. The molecule has 0 aliphatic rings. The Bertz CT molecular complexity index is 1190. The lowest BCUT2D eigenvalue weighted by Gasteiger charge is -2.38. The number of hydrogen-bond acceptors (Lipinski definition) is 2. The number of hydrogen-bond donors (Lipinski definition) is 2. The predicted octanol–water partition coefficient (Wildman–Crippen LogP) is 7.92. The molecule has 3 aromatic carbocycles. The molecule has 14 heteroatoms. The van der Waals surface area contributed by atoms with Gasteiger partial charge < -0.3 is 10.2 Å².